The van der Waals surface area contributed by atoms with Crippen LogP contribution in [0.4, 0.5) is 18.9 Å². The van der Waals surface area contributed by atoms with Crippen molar-refractivity contribution >= 4 is 22.6 Å². The van der Waals surface area contributed by atoms with Crippen LogP contribution < -0.4 is 4.90 Å². The number of rotatable bonds is 4. The number of halogens is 3. The lowest BCUT2D eigenvalue weighted by Crippen LogP contribution is -2.38. The highest BCUT2D eigenvalue weighted by molar-refractivity contribution is 5.92. The van der Waals surface area contributed by atoms with E-state index in [-0.39, 0.29) is 5.69 Å². The maximum Gasteiger partial charge on any atom is 0.405 e. The fourth-order valence-corrected chi connectivity index (χ4v) is 1.85. The van der Waals surface area contributed by atoms with Gasteiger partial charge in [-0.3, -0.25) is 4.79 Å². The van der Waals surface area contributed by atoms with Crippen LogP contribution in [-0.4, -0.2) is 40.5 Å². The molecule has 1 heterocycles. The second kappa shape index (κ2) is 5.32. The summed E-state index contributed by atoms with van der Waals surface area (Å²) in [7, 11) is 0. The van der Waals surface area contributed by atoms with Crippen molar-refractivity contribution in [2.45, 2.75) is 6.18 Å². The minimum atomic E-state index is -4.51. The van der Waals surface area contributed by atoms with E-state index in [1.807, 2.05) is 0 Å². The smallest absolute Gasteiger partial charge is 0.405 e. The molecule has 1 N–H and O–H groups in total. The number of aromatic nitrogens is 2. The molecule has 0 aliphatic carbocycles. The number of nitrogens with zero attached hydrogens (tertiary/aromatic N) is 3. The monoisotopic (exact) mass is 285 g/mol. The fraction of sp³-hybridized carbons (Fsp3) is 0.250. The Hall–Kier alpha value is -2.38. The second-order valence-corrected chi connectivity index (χ2v) is 4.11. The van der Waals surface area contributed by atoms with Gasteiger partial charge in [0.25, 0.3) is 0 Å². The van der Waals surface area contributed by atoms with Crippen LogP contribution in [0.5, 0.6) is 0 Å². The topological polar surface area (TPSA) is 66.3 Å². The van der Waals surface area contributed by atoms with E-state index in [0.29, 0.717) is 10.9 Å². The molecule has 2 rings (SSSR count). The molecule has 5 nitrogen and oxygen atoms in total. The molecule has 106 valence electrons. The third-order valence-corrected chi connectivity index (χ3v) is 2.56. The van der Waals surface area contributed by atoms with Crippen molar-refractivity contribution in [2.75, 3.05) is 18.0 Å². The summed E-state index contributed by atoms with van der Waals surface area (Å²) in [6, 6.07) is 6.48. The molecule has 20 heavy (non-hydrogen) atoms. The number of aliphatic carboxylic acids is 1. The van der Waals surface area contributed by atoms with Gasteiger partial charge in [0, 0.05) is 5.39 Å². The first-order valence-electron chi connectivity index (χ1n) is 5.61. The summed E-state index contributed by atoms with van der Waals surface area (Å²) in [5, 5.41) is 16.6. The van der Waals surface area contributed by atoms with Gasteiger partial charge >= 0.3 is 12.1 Å². The zero-order valence-corrected chi connectivity index (χ0v) is 10.1. The van der Waals surface area contributed by atoms with Crippen LogP contribution in [0.2, 0.25) is 0 Å². The molecular weight excluding hydrogens is 275 g/mol. The number of fused-ring (bicyclic) bond motifs is 1. The third kappa shape index (κ3) is 3.34. The van der Waals surface area contributed by atoms with Crippen molar-refractivity contribution in [2.24, 2.45) is 0 Å². The predicted octanol–water partition coefficient (Wildman–Crippen LogP) is 2.08. The molecular formula is C12H10F3N3O2. The quantitative estimate of drug-likeness (QED) is 0.931. The molecule has 0 aliphatic heterocycles. The molecule has 0 bridgehead atoms. The van der Waals surface area contributed by atoms with Crippen molar-refractivity contribution < 1.29 is 23.1 Å². The van der Waals surface area contributed by atoms with E-state index in [1.54, 1.807) is 24.3 Å². The SMILES string of the molecule is O=C(O)CN(CC(F)(F)F)c1cnnc2ccccc12. The van der Waals surface area contributed by atoms with Gasteiger partial charge in [0.15, 0.2) is 0 Å². The van der Waals surface area contributed by atoms with Gasteiger partial charge in [0.1, 0.15) is 13.1 Å². The third-order valence-electron chi connectivity index (χ3n) is 2.56. The zero-order chi connectivity index (χ0) is 14.8. The number of carboxylic acid groups (broad SMARTS) is 1. The summed E-state index contributed by atoms with van der Waals surface area (Å²) >= 11 is 0. The Kier molecular flexibility index (Phi) is 3.73. The maximum absolute atomic E-state index is 12.6. The van der Waals surface area contributed by atoms with Crippen molar-refractivity contribution in [3.8, 4) is 0 Å². The number of carboxylic acids is 1. The van der Waals surface area contributed by atoms with E-state index < -0.39 is 25.2 Å². The molecule has 1 aromatic heterocycles. The van der Waals surface area contributed by atoms with Gasteiger partial charge in [0.05, 0.1) is 17.4 Å². The lowest BCUT2D eigenvalue weighted by atomic mass is 10.2. The molecule has 2 aromatic rings. The molecule has 0 saturated carbocycles. The van der Waals surface area contributed by atoms with E-state index in [9.17, 15) is 18.0 Å². The van der Waals surface area contributed by atoms with Gasteiger partial charge in [-0.1, -0.05) is 18.2 Å². The highest BCUT2D eigenvalue weighted by Crippen LogP contribution is 2.27. The molecule has 0 spiro atoms. The molecule has 0 radical (unpaired) electrons. The fourth-order valence-electron chi connectivity index (χ4n) is 1.85. The lowest BCUT2D eigenvalue weighted by molar-refractivity contribution is -0.136. The predicted molar refractivity (Wildman–Crippen MR) is 65.4 cm³/mol. The minimum Gasteiger partial charge on any atom is -0.480 e. The van der Waals surface area contributed by atoms with Crippen molar-refractivity contribution in [1.29, 1.82) is 0 Å². The largest absolute Gasteiger partial charge is 0.480 e. The van der Waals surface area contributed by atoms with Gasteiger partial charge in [-0.15, -0.1) is 0 Å². The molecule has 1 aromatic carbocycles. The Labute approximate surface area is 111 Å². The van der Waals surface area contributed by atoms with Gasteiger partial charge < -0.3 is 10.0 Å². The van der Waals surface area contributed by atoms with Gasteiger partial charge in [0.2, 0.25) is 0 Å². The highest BCUT2D eigenvalue weighted by Gasteiger charge is 2.32. The minimum absolute atomic E-state index is 0.0929. The summed E-state index contributed by atoms with van der Waals surface area (Å²) in [6.45, 7) is -2.13. The Bertz CT molecular complexity index is 625. The standard InChI is InChI=1S/C12H10F3N3O2/c13-12(14,15)7-18(6-11(19)20)10-5-16-17-9-4-2-1-3-8(9)10/h1-5H,6-7H2,(H,19,20). The first-order valence-corrected chi connectivity index (χ1v) is 5.61. The van der Waals surface area contributed by atoms with E-state index in [4.69, 9.17) is 5.11 Å². The summed E-state index contributed by atoms with van der Waals surface area (Å²) in [6.07, 6.45) is -3.38. The molecule has 0 unspecified atom stereocenters. The van der Waals surface area contributed by atoms with Gasteiger partial charge in [-0.05, 0) is 6.07 Å². The first-order chi connectivity index (χ1) is 9.37. The van der Waals surface area contributed by atoms with Crippen molar-refractivity contribution in [1.82, 2.24) is 10.2 Å². The summed E-state index contributed by atoms with van der Waals surface area (Å²) in [4.78, 5) is 11.5. The Morgan fingerprint density at radius 1 is 1.30 bits per heavy atom. The first kappa shape index (κ1) is 14.0. The van der Waals surface area contributed by atoms with Crippen molar-refractivity contribution in [3.63, 3.8) is 0 Å². The van der Waals surface area contributed by atoms with Crippen LogP contribution >= 0.6 is 0 Å². The number of benzene rings is 1. The molecule has 0 saturated heterocycles. The number of hydrogen-bond acceptors (Lipinski definition) is 4. The van der Waals surface area contributed by atoms with Crippen LogP contribution in [0.15, 0.2) is 30.5 Å². The molecule has 0 atom stereocenters. The van der Waals surface area contributed by atoms with Crippen LogP contribution in [0.25, 0.3) is 10.9 Å². The Balaban J connectivity index is 2.47. The average molecular weight is 285 g/mol. The van der Waals surface area contributed by atoms with Crippen LogP contribution in [0.3, 0.4) is 0 Å². The van der Waals surface area contributed by atoms with Gasteiger partial charge in [-0.25, -0.2) is 0 Å². The average Bonchev–Trinajstić information content (AvgIpc) is 2.35. The molecule has 0 amide bonds. The van der Waals surface area contributed by atoms with E-state index in [0.717, 1.165) is 11.1 Å². The Morgan fingerprint density at radius 2 is 2.00 bits per heavy atom. The molecule has 0 aliphatic rings. The van der Waals surface area contributed by atoms with Crippen LogP contribution in [0, 0.1) is 0 Å². The van der Waals surface area contributed by atoms with Gasteiger partial charge in [-0.2, -0.15) is 23.4 Å². The maximum atomic E-state index is 12.6. The zero-order valence-electron chi connectivity index (χ0n) is 10.1. The van der Waals surface area contributed by atoms with E-state index >= 15 is 0 Å². The molecule has 0 fully saturated rings. The number of alkyl halides is 3. The summed E-state index contributed by atoms with van der Waals surface area (Å²) in [5.74, 6) is -1.35. The molecule has 8 heteroatoms. The van der Waals surface area contributed by atoms with Crippen LogP contribution in [0.1, 0.15) is 0 Å². The summed E-state index contributed by atoms with van der Waals surface area (Å²) < 4.78 is 37.7. The lowest BCUT2D eigenvalue weighted by Gasteiger charge is -2.24. The Morgan fingerprint density at radius 3 is 2.65 bits per heavy atom. The number of hydrogen-bond donors (Lipinski definition) is 1. The second-order valence-electron chi connectivity index (χ2n) is 4.11. The van der Waals surface area contributed by atoms with Crippen molar-refractivity contribution in [3.05, 3.63) is 30.5 Å². The summed E-state index contributed by atoms with van der Waals surface area (Å²) in [5.41, 5.74) is 0.498. The van der Waals surface area contributed by atoms with E-state index in [2.05, 4.69) is 10.2 Å². The number of anilines is 1. The normalized spacial score (nSPS) is 11.6. The highest BCUT2D eigenvalue weighted by atomic mass is 19.4. The number of carbonyl (C=O) groups is 1. The van der Waals surface area contributed by atoms with E-state index in [1.165, 1.54) is 0 Å². The van der Waals surface area contributed by atoms with Crippen LogP contribution in [-0.2, 0) is 4.79 Å².